The lowest BCUT2D eigenvalue weighted by atomic mass is 9.95. The standard InChI is InChI=1S/C36H50N6O7S/c1-25-34-28(11-13-38-34)29(23-42(25)2)26-7-9-27(10-8-26)39-33(44)12-15-46-17-19-48-21-22-49-20-18-47-16-14-37-32(43)6-4-3-5-31-35-30(24-50-31)40-36(45)41-35/h7-11,13,23,30-31,35,38H,1,3-6,12,14-22,24H2,2H3,(H,37,43)(H,39,44)(H2,40,41,45)/t30-,31-,35-/m0/s1. The largest absolute Gasteiger partial charge is 0.379 e. The van der Waals surface area contributed by atoms with Crippen molar-refractivity contribution >= 4 is 46.6 Å². The van der Waals surface area contributed by atoms with Crippen LogP contribution in [0.5, 0.6) is 0 Å². The van der Waals surface area contributed by atoms with Crippen molar-refractivity contribution in [1.82, 2.24) is 25.8 Å². The van der Waals surface area contributed by atoms with E-state index in [4.69, 9.17) is 18.9 Å². The molecule has 2 saturated heterocycles. The molecule has 4 heterocycles. The van der Waals surface area contributed by atoms with Crippen molar-refractivity contribution in [1.29, 1.82) is 0 Å². The van der Waals surface area contributed by atoms with Crippen molar-refractivity contribution in [2.75, 3.05) is 77.5 Å². The van der Waals surface area contributed by atoms with E-state index in [1.54, 1.807) is 0 Å². The number of nitrogens with one attached hydrogen (secondary N) is 5. The van der Waals surface area contributed by atoms with E-state index in [1.807, 2.05) is 60.2 Å². The monoisotopic (exact) mass is 710 g/mol. The maximum Gasteiger partial charge on any atom is 0.315 e. The molecular formula is C36H50N6O7S. The summed E-state index contributed by atoms with van der Waals surface area (Å²) in [5.41, 5.74) is 5.92. The van der Waals surface area contributed by atoms with Crippen LogP contribution in [0, 0.1) is 0 Å². The molecule has 3 atom stereocenters. The van der Waals surface area contributed by atoms with Crippen LogP contribution in [0.15, 0.2) is 49.3 Å². The first-order chi connectivity index (χ1) is 24.4. The van der Waals surface area contributed by atoms with Crippen molar-refractivity contribution in [3.05, 3.63) is 66.1 Å². The van der Waals surface area contributed by atoms with E-state index in [-0.39, 0.29) is 36.3 Å². The SMILES string of the molecule is C=C1c2[nH]ccc2C(c2ccc(NC(=O)CCOCCOCCOCCOCCNC(=O)CCCC[C@@H]3SC[C@@H]4NC(=O)N[C@@H]43)cc2)=CN1C. The fourth-order valence-electron chi connectivity index (χ4n) is 6.09. The second kappa shape index (κ2) is 19.5. The van der Waals surface area contributed by atoms with Crippen LogP contribution < -0.4 is 21.3 Å². The zero-order valence-corrected chi connectivity index (χ0v) is 29.6. The van der Waals surface area contributed by atoms with Crippen LogP contribution in [-0.2, 0) is 28.5 Å². The fraction of sp³-hybridized carbons (Fsp3) is 0.528. The van der Waals surface area contributed by atoms with E-state index < -0.39 is 0 Å². The zero-order chi connectivity index (χ0) is 35.1. The van der Waals surface area contributed by atoms with Crippen LogP contribution in [0.3, 0.4) is 0 Å². The van der Waals surface area contributed by atoms with Gasteiger partial charge in [-0.05, 0) is 36.6 Å². The van der Waals surface area contributed by atoms with Gasteiger partial charge in [0, 0.05) is 60.2 Å². The average molecular weight is 711 g/mol. The van der Waals surface area contributed by atoms with Crippen molar-refractivity contribution in [3.8, 4) is 0 Å². The van der Waals surface area contributed by atoms with Gasteiger partial charge >= 0.3 is 6.03 Å². The van der Waals surface area contributed by atoms with Gasteiger partial charge in [-0.3, -0.25) is 9.59 Å². The number of aromatic nitrogens is 1. The molecule has 1 aromatic carbocycles. The molecule has 0 spiro atoms. The highest BCUT2D eigenvalue weighted by molar-refractivity contribution is 8.00. The van der Waals surface area contributed by atoms with Crippen LogP contribution in [-0.4, -0.2) is 117 Å². The lowest BCUT2D eigenvalue weighted by Crippen LogP contribution is -2.36. The molecule has 5 N–H and O–H groups in total. The third-order valence-electron chi connectivity index (χ3n) is 8.79. The Hall–Kier alpha value is -3.82. The molecule has 0 radical (unpaired) electrons. The smallest absolute Gasteiger partial charge is 0.315 e. The minimum Gasteiger partial charge on any atom is -0.379 e. The predicted octanol–water partition coefficient (Wildman–Crippen LogP) is 3.56. The van der Waals surface area contributed by atoms with Gasteiger partial charge in [-0.25, -0.2) is 4.79 Å². The Morgan fingerprint density at radius 3 is 2.34 bits per heavy atom. The van der Waals surface area contributed by atoms with Crippen LogP contribution in [0.25, 0.3) is 11.3 Å². The molecular weight excluding hydrogens is 660 g/mol. The summed E-state index contributed by atoms with van der Waals surface area (Å²) in [5, 5.41) is 12.2. The van der Waals surface area contributed by atoms with Crippen molar-refractivity contribution < 1.29 is 33.3 Å². The van der Waals surface area contributed by atoms with Gasteiger partial charge in [0.15, 0.2) is 0 Å². The molecule has 50 heavy (non-hydrogen) atoms. The number of hydrogen-bond acceptors (Lipinski definition) is 9. The van der Waals surface area contributed by atoms with Gasteiger partial charge in [0.2, 0.25) is 11.8 Å². The number of fused-ring (bicyclic) bond motifs is 2. The molecule has 13 nitrogen and oxygen atoms in total. The molecule has 1 aromatic heterocycles. The van der Waals surface area contributed by atoms with Crippen LogP contribution >= 0.6 is 11.8 Å². The number of ether oxygens (including phenoxy) is 4. The highest BCUT2D eigenvalue weighted by atomic mass is 32.2. The number of carbonyl (C=O) groups is 3. The summed E-state index contributed by atoms with van der Waals surface area (Å²) in [6.07, 6.45) is 7.54. The van der Waals surface area contributed by atoms with Crippen molar-refractivity contribution in [2.45, 2.75) is 49.4 Å². The second-order valence-electron chi connectivity index (χ2n) is 12.4. The lowest BCUT2D eigenvalue weighted by Gasteiger charge is -2.25. The molecule has 3 aliphatic heterocycles. The number of urea groups is 1. The van der Waals surface area contributed by atoms with Crippen LogP contribution in [0.2, 0.25) is 0 Å². The second-order valence-corrected chi connectivity index (χ2v) is 13.7. The van der Waals surface area contributed by atoms with Gasteiger partial charge in [-0.1, -0.05) is 25.1 Å². The highest BCUT2D eigenvalue weighted by Gasteiger charge is 2.42. The molecule has 14 heteroatoms. The van der Waals surface area contributed by atoms with E-state index in [2.05, 4.69) is 39.0 Å². The highest BCUT2D eigenvalue weighted by Crippen LogP contribution is 2.36. The molecule has 272 valence electrons. The first kappa shape index (κ1) is 37.4. The molecule has 0 bridgehead atoms. The summed E-state index contributed by atoms with van der Waals surface area (Å²) in [6.45, 7) is 7.94. The van der Waals surface area contributed by atoms with E-state index >= 15 is 0 Å². The Bertz CT molecular complexity index is 1460. The van der Waals surface area contributed by atoms with Crippen molar-refractivity contribution in [3.63, 3.8) is 0 Å². The minimum atomic E-state index is -0.110. The Balaban J connectivity index is 0.782. The Labute approximate surface area is 298 Å². The Morgan fingerprint density at radius 1 is 0.900 bits per heavy atom. The quantitative estimate of drug-likeness (QED) is 0.0912. The molecule has 2 fully saturated rings. The van der Waals surface area contributed by atoms with E-state index in [1.165, 1.54) is 0 Å². The van der Waals surface area contributed by atoms with Gasteiger partial charge in [-0.15, -0.1) is 0 Å². The summed E-state index contributed by atoms with van der Waals surface area (Å²) in [7, 11) is 1.97. The fourth-order valence-corrected chi connectivity index (χ4v) is 7.63. The topological polar surface area (TPSA) is 155 Å². The van der Waals surface area contributed by atoms with Gasteiger partial charge in [0.25, 0.3) is 0 Å². The number of amides is 4. The first-order valence-corrected chi connectivity index (χ1v) is 18.4. The Kier molecular flexibility index (Phi) is 14.6. The van der Waals surface area contributed by atoms with Crippen molar-refractivity contribution in [2.24, 2.45) is 0 Å². The molecule has 4 amide bonds. The summed E-state index contributed by atoms with van der Waals surface area (Å²) >= 11 is 1.90. The number of benzene rings is 1. The number of carbonyl (C=O) groups excluding carboxylic acids is 3. The van der Waals surface area contributed by atoms with E-state index in [0.29, 0.717) is 71.1 Å². The number of thioether (sulfide) groups is 1. The minimum absolute atomic E-state index is 0.0359. The number of aromatic amines is 1. The van der Waals surface area contributed by atoms with Crippen LogP contribution in [0.1, 0.15) is 48.9 Å². The molecule has 0 unspecified atom stereocenters. The number of hydrogen-bond donors (Lipinski definition) is 5. The van der Waals surface area contributed by atoms with E-state index in [9.17, 15) is 14.4 Å². The maximum atomic E-state index is 12.4. The number of nitrogens with zero attached hydrogens (tertiary/aromatic N) is 1. The number of unbranched alkanes of at least 4 members (excludes halogenated alkanes) is 1. The first-order valence-electron chi connectivity index (χ1n) is 17.4. The molecule has 0 saturated carbocycles. The molecule has 0 aliphatic carbocycles. The van der Waals surface area contributed by atoms with Gasteiger partial charge in [0.05, 0.1) is 82.8 Å². The number of anilines is 1. The third-order valence-corrected chi connectivity index (χ3v) is 10.3. The van der Waals surface area contributed by atoms with Crippen LogP contribution in [0.4, 0.5) is 10.5 Å². The molecule has 5 rings (SSSR count). The lowest BCUT2D eigenvalue weighted by molar-refractivity contribution is -0.121. The third kappa shape index (κ3) is 11.1. The zero-order valence-electron chi connectivity index (χ0n) is 28.8. The van der Waals surface area contributed by atoms with Gasteiger partial charge in [-0.2, -0.15) is 11.8 Å². The summed E-state index contributed by atoms with van der Waals surface area (Å²) in [6, 6.07) is 10.2. The molecule has 2 aromatic rings. The molecule has 3 aliphatic rings. The maximum absolute atomic E-state index is 12.4. The Morgan fingerprint density at radius 2 is 1.60 bits per heavy atom. The number of H-pyrrole nitrogens is 1. The predicted molar refractivity (Wildman–Crippen MR) is 195 cm³/mol. The summed E-state index contributed by atoms with van der Waals surface area (Å²) < 4.78 is 22.1. The summed E-state index contributed by atoms with van der Waals surface area (Å²) in [4.78, 5) is 41.2. The normalized spacial score (nSPS) is 19.4. The van der Waals surface area contributed by atoms with Gasteiger partial charge in [0.1, 0.15) is 0 Å². The summed E-state index contributed by atoms with van der Waals surface area (Å²) in [5.74, 6) is 0.881. The number of rotatable bonds is 22. The van der Waals surface area contributed by atoms with E-state index in [0.717, 1.165) is 58.8 Å². The average Bonchev–Trinajstić information content (AvgIpc) is 3.84. The van der Waals surface area contributed by atoms with Gasteiger partial charge < -0.3 is 50.1 Å².